The summed E-state index contributed by atoms with van der Waals surface area (Å²) in [6, 6.07) is 9.76. The lowest BCUT2D eigenvalue weighted by atomic mass is 10.2. The highest BCUT2D eigenvalue weighted by Crippen LogP contribution is 2.10. The minimum atomic E-state index is -0.0671. The molecule has 5 heteroatoms. The molecule has 0 amide bonds. The van der Waals surface area contributed by atoms with Crippen LogP contribution in [0.5, 0.6) is 0 Å². The van der Waals surface area contributed by atoms with Gasteiger partial charge in [0.2, 0.25) is 5.82 Å². The minimum Gasteiger partial charge on any atom is -0.106 e. The van der Waals surface area contributed by atoms with E-state index in [1.54, 1.807) is 24.3 Å². The largest absolute Gasteiger partial charge is 0.207 e. The van der Waals surface area contributed by atoms with Gasteiger partial charge < -0.3 is 0 Å². The second-order valence-corrected chi connectivity index (χ2v) is 2.15. The van der Waals surface area contributed by atoms with Crippen LogP contribution in [0, 0.1) is 6.07 Å². The molecule has 1 radical (unpaired) electrons. The number of hydrogen-bond donors (Lipinski definition) is 0. The molecule has 1 aromatic heterocycles. The molecular formula is C7H4FN4. The molecule has 0 unspecified atom stereocenters. The number of benzene rings is 1. The molecule has 0 saturated carbocycles. The molecule has 1 aromatic carbocycles. The lowest BCUT2D eigenvalue weighted by Crippen LogP contribution is -1.85. The number of hydrogen-bond acceptors (Lipinski definition) is 3. The second-order valence-electron chi connectivity index (χ2n) is 2.15. The van der Waals surface area contributed by atoms with Gasteiger partial charge in [-0.2, -0.15) is 0 Å². The molecule has 0 aliphatic carbocycles. The Balaban J connectivity index is 2.45. The smallest absolute Gasteiger partial charge is 0.106 e. The van der Waals surface area contributed by atoms with E-state index in [2.05, 4.69) is 21.5 Å². The minimum absolute atomic E-state index is 0.0671. The standard InChI is InChI=1S/C7H4FN4/c8-12-10-7(9-11-12)6-4-2-1-3-5-6/h1-2,4-5H. The van der Waals surface area contributed by atoms with E-state index in [-0.39, 0.29) is 10.8 Å². The van der Waals surface area contributed by atoms with Crippen LogP contribution in [0.1, 0.15) is 0 Å². The Morgan fingerprint density at radius 1 is 1.50 bits per heavy atom. The van der Waals surface area contributed by atoms with Crippen molar-refractivity contribution in [2.75, 3.05) is 0 Å². The molecule has 0 bridgehead atoms. The molecule has 0 fully saturated rings. The number of rotatable bonds is 1. The van der Waals surface area contributed by atoms with E-state index in [1.807, 2.05) is 0 Å². The van der Waals surface area contributed by atoms with Crippen LogP contribution in [0.2, 0.25) is 0 Å². The summed E-state index contributed by atoms with van der Waals surface area (Å²) in [5.41, 5.74) is 0.696. The van der Waals surface area contributed by atoms with Gasteiger partial charge in [0.1, 0.15) is 0 Å². The first-order valence-electron chi connectivity index (χ1n) is 3.29. The van der Waals surface area contributed by atoms with Gasteiger partial charge in [-0.3, -0.25) is 0 Å². The Bertz CT molecular complexity index is 370. The molecule has 1 heterocycles. The van der Waals surface area contributed by atoms with Crippen molar-refractivity contribution in [2.24, 2.45) is 0 Å². The first-order valence-corrected chi connectivity index (χ1v) is 3.29. The maximum absolute atomic E-state index is 12.2. The SMILES string of the molecule is Fn1nnc(-c2c[c]ccc2)n1. The summed E-state index contributed by atoms with van der Waals surface area (Å²) in [7, 11) is 0. The Morgan fingerprint density at radius 3 is 3.00 bits per heavy atom. The molecule has 0 saturated heterocycles. The number of halogens is 1. The van der Waals surface area contributed by atoms with Crippen molar-refractivity contribution in [3.63, 3.8) is 0 Å². The van der Waals surface area contributed by atoms with E-state index in [0.29, 0.717) is 5.56 Å². The third kappa shape index (κ3) is 1.16. The van der Waals surface area contributed by atoms with Crippen LogP contribution < -0.4 is 0 Å². The zero-order chi connectivity index (χ0) is 8.39. The fourth-order valence-electron chi connectivity index (χ4n) is 0.845. The predicted octanol–water partition coefficient (Wildman–Crippen LogP) is 0.873. The molecule has 2 aromatic rings. The van der Waals surface area contributed by atoms with Gasteiger partial charge in [-0.15, -0.1) is 5.10 Å². The second kappa shape index (κ2) is 2.69. The quantitative estimate of drug-likeness (QED) is 0.626. The molecule has 0 atom stereocenters. The third-order valence-corrected chi connectivity index (χ3v) is 1.36. The molecule has 0 aliphatic rings. The van der Waals surface area contributed by atoms with Crippen LogP contribution in [-0.4, -0.2) is 20.4 Å². The van der Waals surface area contributed by atoms with Gasteiger partial charge in [-0.25, -0.2) is 0 Å². The van der Waals surface area contributed by atoms with E-state index in [9.17, 15) is 4.48 Å². The van der Waals surface area contributed by atoms with E-state index in [1.165, 1.54) is 0 Å². The van der Waals surface area contributed by atoms with Crippen molar-refractivity contribution in [3.8, 4) is 11.4 Å². The van der Waals surface area contributed by atoms with Crippen molar-refractivity contribution in [1.29, 1.82) is 0 Å². The van der Waals surface area contributed by atoms with Crippen LogP contribution in [0.25, 0.3) is 11.4 Å². The summed E-state index contributed by atoms with van der Waals surface area (Å²) < 4.78 is 12.2. The zero-order valence-electron chi connectivity index (χ0n) is 5.98. The van der Waals surface area contributed by atoms with Gasteiger partial charge in [0.25, 0.3) is 0 Å². The fraction of sp³-hybridized carbons (Fsp3) is 0. The van der Waals surface area contributed by atoms with Gasteiger partial charge in [-0.1, -0.05) is 27.8 Å². The van der Waals surface area contributed by atoms with Crippen molar-refractivity contribution in [2.45, 2.75) is 0 Å². The lowest BCUT2D eigenvalue weighted by Gasteiger charge is -1.88. The number of aromatic nitrogens is 4. The fourth-order valence-corrected chi connectivity index (χ4v) is 0.845. The summed E-state index contributed by atoms with van der Waals surface area (Å²) in [5, 5.41) is 9.88. The molecular weight excluding hydrogens is 159 g/mol. The van der Waals surface area contributed by atoms with Crippen LogP contribution in [-0.2, 0) is 0 Å². The molecule has 2 rings (SSSR count). The summed E-state index contributed by atoms with van der Waals surface area (Å²) in [6.45, 7) is 0. The van der Waals surface area contributed by atoms with Crippen LogP contribution >= 0.6 is 0 Å². The summed E-state index contributed by atoms with van der Waals surface area (Å²) in [5.74, 6) is 0.259. The van der Waals surface area contributed by atoms with E-state index in [0.717, 1.165) is 0 Å². The van der Waals surface area contributed by atoms with E-state index < -0.39 is 0 Å². The van der Waals surface area contributed by atoms with Gasteiger partial charge in [0, 0.05) is 10.6 Å². The molecule has 59 valence electrons. The van der Waals surface area contributed by atoms with Gasteiger partial charge in [0.05, 0.1) is 0 Å². The number of nitrogens with zero attached hydrogens (tertiary/aromatic N) is 4. The lowest BCUT2D eigenvalue weighted by molar-refractivity contribution is 0.258. The predicted molar refractivity (Wildman–Crippen MR) is 38.6 cm³/mol. The molecule has 4 nitrogen and oxygen atoms in total. The maximum Gasteiger partial charge on any atom is 0.207 e. The highest BCUT2D eigenvalue weighted by molar-refractivity contribution is 5.52. The summed E-state index contributed by atoms with van der Waals surface area (Å²) in [6.07, 6.45) is 0. The highest BCUT2D eigenvalue weighted by Gasteiger charge is 2.03. The van der Waals surface area contributed by atoms with Crippen molar-refractivity contribution < 1.29 is 4.48 Å². The Labute approximate surface area is 67.6 Å². The van der Waals surface area contributed by atoms with Gasteiger partial charge in [-0.05, 0) is 17.3 Å². The number of tetrazole rings is 1. The van der Waals surface area contributed by atoms with Crippen molar-refractivity contribution in [3.05, 3.63) is 30.3 Å². The summed E-state index contributed by atoms with van der Waals surface area (Å²) >= 11 is 0. The monoisotopic (exact) mass is 163 g/mol. The average Bonchev–Trinajstić information content (AvgIpc) is 2.54. The zero-order valence-corrected chi connectivity index (χ0v) is 5.98. The molecule has 0 aliphatic heterocycles. The van der Waals surface area contributed by atoms with Crippen molar-refractivity contribution >= 4 is 0 Å². The average molecular weight is 163 g/mol. The van der Waals surface area contributed by atoms with Gasteiger partial charge >= 0.3 is 0 Å². The van der Waals surface area contributed by atoms with Crippen LogP contribution in [0.15, 0.2) is 24.3 Å². The molecule has 0 spiro atoms. The summed E-state index contributed by atoms with van der Waals surface area (Å²) in [4.78, 5) is 0. The Morgan fingerprint density at radius 2 is 2.42 bits per heavy atom. The normalized spacial score (nSPS) is 10.1. The van der Waals surface area contributed by atoms with Crippen LogP contribution in [0.3, 0.4) is 0 Å². The Hall–Kier alpha value is -1.78. The third-order valence-electron chi connectivity index (χ3n) is 1.36. The van der Waals surface area contributed by atoms with Crippen molar-refractivity contribution in [1.82, 2.24) is 20.4 Å². The first kappa shape index (κ1) is 6.90. The highest BCUT2D eigenvalue weighted by atomic mass is 19.2. The molecule has 0 N–H and O–H groups in total. The Kier molecular flexibility index (Phi) is 1.55. The first-order chi connectivity index (χ1) is 5.86. The van der Waals surface area contributed by atoms with E-state index in [4.69, 9.17) is 0 Å². The maximum atomic E-state index is 12.2. The van der Waals surface area contributed by atoms with E-state index >= 15 is 0 Å². The van der Waals surface area contributed by atoms with Gasteiger partial charge in [0.15, 0.2) is 0 Å². The van der Waals surface area contributed by atoms with Crippen LogP contribution in [0.4, 0.5) is 4.48 Å². The molecule has 12 heavy (non-hydrogen) atoms. The topological polar surface area (TPSA) is 43.6 Å².